The first-order chi connectivity index (χ1) is 11.0. The monoisotopic (exact) mass is 318 g/mol. The standard InChI is InChI=1S/C17H26N4O2/c1-4-21(13(2)3)17(23)20-11-7-8-14(12-20)16(22)19-15-9-5-6-10-18-15/h5-6,9-10,13-14H,4,7-8,11-12H2,1-3H3,(H,18,19,22). The lowest BCUT2D eigenvalue weighted by molar-refractivity contribution is -0.121. The van der Waals surface area contributed by atoms with Crippen LogP contribution in [-0.2, 0) is 4.79 Å². The van der Waals surface area contributed by atoms with Crippen molar-refractivity contribution in [3.05, 3.63) is 24.4 Å². The van der Waals surface area contributed by atoms with E-state index < -0.39 is 0 Å². The van der Waals surface area contributed by atoms with E-state index in [1.54, 1.807) is 17.2 Å². The van der Waals surface area contributed by atoms with Gasteiger partial charge in [-0.2, -0.15) is 0 Å². The maximum Gasteiger partial charge on any atom is 0.320 e. The van der Waals surface area contributed by atoms with Crippen molar-refractivity contribution in [2.75, 3.05) is 25.0 Å². The minimum atomic E-state index is -0.180. The quantitative estimate of drug-likeness (QED) is 0.928. The number of urea groups is 1. The number of amides is 3. The van der Waals surface area contributed by atoms with E-state index in [4.69, 9.17) is 0 Å². The Kier molecular flexibility index (Phi) is 5.96. The van der Waals surface area contributed by atoms with Crippen molar-refractivity contribution in [2.24, 2.45) is 5.92 Å². The summed E-state index contributed by atoms with van der Waals surface area (Å²) >= 11 is 0. The molecule has 2 rings (SSSR count). The number of hydrogen-bond donors (Lipinski definition) is 1. The van der Waals surface area contributed by atoms with Crippen LogP contribution in [0.3, 0.4) is 0 Å². The largest absolute Gasteiger partial charge is 0.324 e. The Balaban J connectivity index is 1.97. The molecule has 1 atom stereocenters. The minimum absolute atomic E-state index is 0.0258. The average Bonchev–Trinajstić information content (AvgIpc) is 2.56. The van der Waals surface area contributed by atoms with E-state index in [1.807, 2.05) is 37.8 Å². The lowest BCUT2D eigenvalue weighted by Crippen LogP contribution is -2.51. The summed E-state index contributed by atoms with van der Waals surface area (Å²) in [6.07, 6.45) is 3.30. The Morgan fingerprint density at radius 1 is 1.43 bits per heavy atom. The van der Waals surface area contributed by atoms with E-state index in [0.717, 1.165) is 19.4 Å². The van der Waals surface area contributed by atoms with Gasteiger partial charge in [0.25, 0.3) is 0 Å². The molecule has 0 bridgehead atoms. The summed E-state index contributed by atoms with van der Waals surface area (Å²) in [4.78, 5) is 32.8. The third-order valence-electron chi connectivity index (χ3n) is 4.19. The Morgan fingerprint density at radius 2 is 2.22 bits per heavy atom. The van der Waals surface area contributed by atoms with Gasteiger partial charge in [-0.1, -0.05) is 6.07 Å². The molecule has 6 heteroatoms. The Labute approximate surface area is 137 Å². The van der Waals surface area contributed by atoms with E-state index >= 15 is 0 Å². The van der Waals surface area contributed by atoms with Gasteiger partial charge in [-0.3, -0.25) is 4.79 Å². The number of carbonyl (C=O) groups is 2. The van der Waals surface area contributed by atoms with E-state index in [0.29, 0.717) is 18.9 Å². The zero-order valence-electron chi connectivity index (χ0n) is 14.2. The van der Waals surface area contributed by atoms with Crippen molar-refractivity contribution < 1.29 is 9.59 Å². The Morgan fingerprint density at radius 3 is 2.83 bits per heavy atom. The van der Waals surface area contributed by atoms with Crippen molar-refractivity contribution >= 4 is 17.8 Å². The van der Waals surface area contributed by atoms with Crippen LogP contribution in [-0.4, -0.2) is 52.4 Å². The summed E-state index contributed by atoms with van der Waals surface area (Å²) in [5.74, 6) is 0.313. The van der Waals surface area contributed by atoms with Gasteiger partial charge >= 0.3 is 6.03 Å². The van der Waals surface area contributed by atoms with Crippen LogP contribution in [0.4, 0.5) is 10.6 Å². The highest BCUT2D eigenvalue weighted by Crippen LogP contribution is 2.20. The molecule has 2 heterocycles. The Hall–Kier alpha value is -2.11. The fraction of sp³-hybridized carbons (Fsp3) is 0.588. The molecule has 1 aromatic rings. The summed E-state index contributed by atoms with van der Waals surface area (Å²) < 4.78 is 0. The number of anilines is 1. The van der Waals surface area contributed by atoms with Gasteiger partial charge in [-0.05, 0) is 45.7 Å². The number of nitrogens with zero attached hydrogens (tertiary/aromatic N) is 3. The molecule has 1 saturated heterocycles. The van der Waals surface area contributed by atoms with Crippen LogP contribution in [0.5, 0.6) is 0 Å². The second-order valence-electron chi connectivity index (χ2n) is 6.15. The number of rotatable bonds is 4. The number of hydrogen-bond acceptors (Lipinski definition) is 3. The van der Waals surface area contributed by atoms with E-state index in [1.165, 1.54) is 0 Å². The van der Waals surface area contributed by atoms with Gasteiger partial charge in [-0.25, -0.2) is 9.78 Å². The van der Waals surface area contributed by atoms with Crippen LogP contribution in [0.2, 0.25) is 0 Å². The van der Waals surface area contributed by atoms with Gasteiger partial charge in [-0.15, -0.1) is 0 Å². The fourth-order valence-corrected chi connectivity index (χ4v) is 2.93. The van der Waals surface area contributed by atoms with Crippen LogP contribution in [0.15, 0.2) is 24.4 Å². The van der Waals surface area contributed by atoms with Crippen molar-refractivity contribution in [3.8, 4) is 0 Å². The van der Waals surface area contributed by atoms with Gasteiger partial charge < -0.3 is 15.1 Å². The number of nitrogens with one attached hydrogen (secondary N) is 1. The first-order valence-electron chi connectivity index (χ1n) is 8.30. The number of aromatic nitrogens is 1. The van der Waals surface area contributed by atoms with Crippen molar-refractivity contribution in [1.29, 1.82) is 0 Å². The summed E-state index contributed by atoms with van der Waals surface area (Å²) in [5, 5.41) is 2.84. The maximum atomic E-state index is 12.6. The van der Waals surface area contributed by atoms with E-state index in [2.05, 4.69) is 10.3 Å². The van der Waals surface area contributed by atoms with Gasteiger partial charge in [0.05, 0.1) is 5.92 Å². The highest BCUT2D eigenvalue weighted by molar-refractivity contribution is 5.92. The normalized spacial score (nSPS) is 17.9. The third-order valence-corrected chi connectivity index (χ3v) is 4.19. The number of piperidine rings is 1. The molecule has 1 aromatic heterocycles. The van der Waals surface area contributed by atoms with Gasteiger partial charge in [0.15, 0.2) is 0 Å². The first kappa shape index (κ1) is 17.2. The molecule has 0 aliphatic carbocycles. The smallest absolute Gasteiger partial charge is 0.320 e. The van der Waals surface area contributed by atoms with Gasteiger partial charge in [0, 0.05) is 31.9 Å². The maximum absolute atomic E-state index is 12.6. The van der Waals surface area contributed by atoms with Crippen LogP contribution in [0.25, 0.3) is 0 Å². The lowest BCUT2D eigenvalue weighted by Gasteiger charge is -2.37. The molecule has 23 heavy (non-hydrogen) atoms. The minimum Gasteiger partial charge on any atom is -0.324 e. The molecule has 1 aliphatic rings. The Bertz CT molecular complexity index is 533. The number of pyridine rings is 1. The van der Waals surface area contributed by atoms with Gasteiger partial charge in [0.1, 0.15) is 5.82 Å². The van der Waals surface area contributed by atoms with Crippen molar-refractivity contribution in [1.82, 2.24) is 14.8 Å². The highest BCUT2D eigenvalue weighted by atomic mass is 16.2. The van der Waals surface area contributed by atoms with E-state index in [9.17, 15) is 9.59 Å². The topological polar surface area (TPSA) is 65.5 Å². The van der Waals surface area contributed by atoms with Crippen LogP contribution < -0.4 is 5.32 Å². The molecule has 6 nitrogen and oxygen atoms in total. The molecular weight excluding hydrogens is 292 g/mol. The SMILES string of the molecule is CCN(C(=O)N1CCCC(C(=O)Nc2ccccn2)C1)C(C)C. The van der Waals surface area contributed by atoms with Gasteiger partial charge in [0.2, 0.25) is 5.91 Å². The summed E-state index contributed by atoms with van der Waals surface area (Å²) in [6, 6.07) is 5.59. The molecule has 0 aromatic carbocycles. The second kappa shape index (κ2) is 7.94. The van der Waals surface area contributed by atoms with Crippen LogP contribution in [0.1, 0.15) is 33.6 Å². The predicted molar refractivity (Wildman–Crippen MR) is 90.1 cm³/mol. The number of likely N-dealkylation sites (tertiary alicyclic amines) is 1. The molecule has 126 valence electrons. The summed E-state index contributed by atoms with van der Waals surface area (Å²) in [6.45, 7) is 7.87. The van der Waals surface area contributed by atoms with Crippen molar-refractivity contribution in [3.63, 3.8) is 0 Å². The van der Waals surface area contributed by atoms with Crippen molar-refractivity contribution in [2.45, 2.75) is 39.7 Å². The second-order valence-corrected chi connectivity index (χ2v) is 6.15. The first-order valence-corrected chi connectivity index (χ1v) is 8.30. The molecule has 1 aliphatic heterocycles. The highest BCUT2D eigenvalue weighted by Gasteiger charge is 2.31. The zero-order valence-corrected chi connectivity index (χ0v) is 14.2. The molecule has 1 N–H and O–H groups in total. The average molecular weight is 318 g/mol. The molecule has 0 radical (unpaired) electrons. The lowest BCUT2D eigenvalue weighted by atomic mass is 9.97. The van der Waals surface area contributed by atoms with E-state index in [-0.39, 0.29) is 23.9 Å². The third kappa shape index (κ3) is 4.43. The molecule has 3 amide bonds. The fourth-order valence-electron chi connectivity index (χ4n) is 2.93. The molecule has 1 unspecified atom stereocenters. The molecule has 0 saturated carbocycles. The summed E-state index contributed by atoms with van der Waals surface area (Å²) in [5.41, 5.74) is 0. The number of carbonyl (C=O) groups excluding carboxylic acids is 2. The summed E-state index contributed by atoms with van der Waals surface area (Å²) in [7, 11) is 0. The van der Waals surface area contributed by atoms with Crippen LogP contribution in [0, 0.1) is 5.92 Å². The molecule has 0 spiro atoms. The zero-order chi connectivity index (χ0) is 16.8. The predicted octanol–water partition coefficient (Wildman–Crippen LogP) is 2.58. The molecule has 1 fully saturated rings. The van der Waals surface area contributed by atoms with Crippen LogP contribution >= 0.6 is 0 Å². The molecular formula is C17H26N4O2.